The molecule has 2 amide bonds. The van der Waals surface area contributed by atoms with Crippen molar-refractivity contribution < 1.29 is 9.53 Å². The van der Waals surface area contributed by atoms with Gasteiger partial charge in [-0.05, 0) is 37.7 Å². The minimum atomic E-state index is -0.673. The van der Waals surface area contributed by atoms with Gasteiger partial charge in [-0.3, -0.25) is 10.00 Å². The molecule has 3 aromatic heterocycles. The number of aryl methyl sites for hydroxylation is 1. The van der Waals surface area contributed by atoms with Gasteiger partial charge in [0.1, 0.15) is 11.6 Å². The average Bonchev–Trinajstić information content (AvgIpc) is 3.69. The Morgan fingerprint density at radius 2 is 1.93 bits per heavy atom. The summed E-state index contributed by atoms with van der Waals surface area (Å²) in [7, 11) is 1.87. The second-order valence-corrected chi connectivity index (χ2v) is 12.7. The average molecular weight is 620 g/mol. The maximum Gasteiger partial charge on any atom is 0.317 e. The molecular formula is C33H37N11O2. The van der Waals surface area contributed by atoms with E-state index >= 15 is 0 Å². The molecule has 0 radical (unpaired) electrons. The van der Waals surface area contributed by atoms with Crippen LogP contribution in [0.1, 0.15) is 60.5 Å². The van der Waals surface area contributed by atoms with Crippen LogP contribution >= 0.6 is 0 Å². The third-order valence-electron chi connectivity index (χ3n) is 9.32. The minimum absolute atomic E-state index is 0.0662. The lowest BCUT2D eigenvalue weighted by Crippen LogP contribution is -2.44. The zero-order chi connectivity index (χ0) is 31.7. The standard InChI is InChI=1S/C33H37N11O2/c1-43-17-24(16-37-43)27-26(13-21-5-3-2-4-6-21)39-29(41-31(35)45)28(40-27)22-7-9-25(10-8-22)38-32-36-15-23(14-34)30(42-32)44-12-11-33(18-44)19-46-20-33/h2-6,15-17,22,25H,7-13,18-20H2,1H3,(H,36,38,42)(H3,35,39,41,45). The number of carbonyl (C=O) groups is 1. The third kappa shape index (κ3) is 6.08. The predicted octanol–water partition coefficient (Wildman–Crippen LogP) is 3.99. The van der Waals surface area contributed by atoms with E-state index in [4.69, 9.17) is 25.4 Å². The molecule has 0 bridgehead atoms. The number of hydrogen-bond acceptors (Lipinski definition) is 10. The fraction of sp³-hybridized carbons (Fsp3) is 0.424. The lowest BCUT2D eigenvalue weighted by molar-refractivity contribution is -0.0985. The van der Waals surface area contributed by atoms with Crippen molar-refractivity contribution in [2.45, 2.75) is 50.5 Å². The van der Waals surface area contributed by atoms with Crippen LogP contribution in [-0.4, -0.2) is 68.1 Å². The van der Waals surface area contributed by atoms with Crippen LogP contribution in [0.4, 0.5) is 22.4 Å². The predicted molar refractivity (Wildman–Crippen MR) is 172 cm³/mol. The first kappa shape index (κ1) is 29.6. The van der Waals surface area contributed by atoms with E-state index < -0.39 is 6.03 Å². The van der Waals surface area contributed by atoms with E-state index in [1.165, 1.54) is 0 Å². The second-order valence-electron chi connectivity index (χ2n) is 12.7. The molecule has 7 rings (SSSR count). The van der Waals surface area contributed by atoms with E-state index in [2.05, 4.69) is 31.7 Å². The normalized spacial score (nSPS) is 20.2. The highest BCUT2D eigenvalue weighted by Gasteiger charge is 2.45. The molecule has 4 N–H and O–H groups in total. The topological polar surface area (TPSA) is 173 Å². The highest BCUT2D eigenvalue weighted by molar-refractivity contribution is 5.87. The van der Waals surface area contributed by atoms with E-state index in [9.17, 15) is 10.1 Å². The highest BCUT2D eigenvalue weighted by atomic mass is 16.5. The molecule has 3 fully saturated rings. The second kappa shape index (κ2) is 12.4. The maximum atomic E-state index is 12.1. The molecule has 1 spiro atoms. The Balaban J connectivity index is 1.10. The first-order valence-corrected chi connectivity index (χ1v) is 15.7. The number of nitrogens with two attached hydrogens (primary N) is 1. The van der Waals surface area contributed by atoms with Gasteiger partial charge in [0, 0.05) is 55.7 Å². The van der Waals surface area contributed by atoms with Crippen molar-refractivity contribution in [3.05, 3.63) is 71.4 Å². The molecular weight excluding hydrogens is 582 g/mol. The number of amides is 2. The van der Waals surface area contributed by atoms with Crippen LogP contribution in [-0.2, 0) is 18.2 Å². The molecule has 236 valence electrons. The Morgan fingerprint density at radius 1 is 1.13 bits per heavy atom. The first-order valence-electron chi connectivity index (χ1n) is 15.7. The number of hydrogen-bond donors (Lipinski definition) is 3. The summed E-state index contributed by atoms with van der Waals surface area (Å²) < 4.78 is 7.22. The van der Waals surface area contributed by atoms with Gasteiger partial charge in [-0.2, -0.15) is 15.3 Å². The summed E-state index contributed by atoms with van der Waals surface area (Å²) in [5.41, 5.74) is 10.4. The Morgan fingerprint density at radius 3 is 2.59 bits per heavy atom. The fourth-order valence-electron chi connectivity index (χ4n) is 6.86. The van der Waals surface area contributed by atoms with Crippen molar-refractivity contribution in [2.75, 3.05) is 41.8 Å². The molecule has 0 atom stereocenters. The van der Waals surface area contributed by atoms with Crippen LogP contribution in [0.25, 0.3) is 11.3 Å². The molecule has 1 aromatic carbocycles. The Kier molecular flexibility index (Phi) is 7.96. The molecule has 1 saturated carbocycles. The molecule has 13 nitrogen and oxygen atoms in total. The number of nitriles is 1. The summed E-state index contributed by atoms with van der Waals surface area (Å²) in [6.45, 7) is 3.24. The number of benzene rings is 1. The largest absolute Gasteiger partial charge is 0.380 e. The van der Waals surface area contributed by atoms with Gasteiger partial charge in [0.25, 0.3) is 0 Å². The Bertz CT molecular complexity index is 1770. The smallest absolute Gasteiger partial charge is 0.317 e. The van der Waals surface area contributed by atoms with E-state index in [0.29, 0.717) is 29.6 Å². The van der Waals surface area contributed by atoms with Crippen molar-refractivity contribution >= 4 is 23.6 Å². The number of carbonyl (C=O) groups excluding carboxylic acids is 1. The molecule has 46 heavy (non-hydrogen) atoms. The Hall–Kier alpha value is -5.09. The summed E-state index contributed by atoms with van der Waals surface area (Å²) in [4.78, 5) is 33.7. The van der Waals surface area contributed by atoms with Crippen molar-refractivity contribution in [3.8, 4) is 17.3 Å². The van der Waals surface area contributed by atoms with Gasteiger partial charge in [0.2, 0.25) is 5.95 Å². The number of anilines is 3. The lowest BCUT2D eigenvalue weighted by Gasteiger charge is -2.37. The van der Waals surface area contributed by atoms with E-state index in [0.717, 1.165) is 86.6 Å². The number of ether oxygens (including phenoxy) is 1. The summed E-state index contributed by atoms with van der Waals surface area (Å²) in [5.74, 6) is 1.69. The summed E-state index contributed by atoms with van der Waals surface area (Å²) >= 11 is 0. The molecule has 2 aliphatic heterocycles. The molecule has 3 aliphatic rings. The first-order chi connectivity index (χ1) is 22.4. The van der Waals surface area contributed by atoms with Crippen LogP contribution in [0.15, 0.2) is 48.9 Å². The summed E-state index contributed by atoms with van der Waals surface area (Å²) in [6.07, 6.45) is 10.3. The van der Waals surface area contributed by atoms with Crippen LogP contribution in [0.3, 0.4) is 0 Å². The van der Waals surface area contributed by atoms with Gasteiger partial charge >= 0.3 is 6.03 Å². The van der Waals surface area contributed by atoms with Gasteiger partial charge < -0.3 is 20.7 Å². The summed E-state index contributed by atoms with van der Waals surface area (Å²) in [5, 5.41) is 20.4. The highest BCUT2D eigenvalue weighted by Crippen LogP contribution is 2.40. The monoisotopic (exact) mass is 619 g/mol. The number of rotatable bonds is 8. The van der Waals surface area contributed by atoms with E-state index in [1.54, 1.807) is 17.1 Å². The lowest BCUT2D eigenvalue weighted by atomic mass is 9.83. The van der Waals surface area contributed by atoms with Gasteiger partial charge in [0.15, 0.2) is 11.6 Å². The van der Waals surface area contributed by atoms with Gasteiger partial charge in [-0.1, -0.05) is 30.3 Å². The number of nitrogens with zero attached hydrogens (tertiary/aromatic N) is 8. The fourth-order valence-corrected chi connectivity index (χ4v) is 6.86. The van der Waals surface area contributed by atoms with E-state index in [-0.39, 0.29) is 17.4 Å². The number of nitrogens with one attached hydrogen (secondary N) is 2. The van der Waals surface area contributed by atoms with Crippen molar-refractivity contribution in [1.82, 2.24) is 29.7 Å². The van der Waals surface area contributed by atoms with Gasteiger partial charge in [-0.25, -0.2) is 19.7 Å². The molecule has 1 aliphatic carbocycles. The number of urea groups is 1. The molecule has 2 saturated heterocycles. The molecule has 13 heteroatoms. The van der Waals surface area contributed by atoms with Crippen LogP contribution in [0, 0.1) is 16.7 Å². The zero-order valence-corrected chi connectivity index (χ0v) is 25.8. The SMILES string of the molecule is Cn1cc(-c2nc(C3CCC(Nc4ncc(C#N)c(N5CCC6(COC6)C5)n4)CC3)c(NC(N)=O)nc2Cc2ccccc2)cn1. The maximum absolute atomic E-state index is 12.1. The van der Waals surface area contributed by atoms with Crippen molar-refractivity contribution in [2.24, 2.45) is 18.2 Å². The van der Waals surface area contributed by atoms with Crippen molar-refractivity contribution in [1.29, 1.82) is 5.26 Å². The number of aromatic nitrogens is 6. The third-order valence-corrected chi connectivity index (χ3v) is 9.32. The van der Waals surface area contributed by atoms with Crippen molar-refractivity contribution in [3.63, 3.8) is 0 Å². The number of primary amides is 1. The Labute approximate surface area is 267 Å². The molecule has 4 aromatic rings. The quantitative estimate of drug-likeness (QED) is 0.262. The minimum Gasteiger partial charge on any atom is -0.380 e. The molecule has 5 heterocycles. The van der Waals surface area contributed by atoms with Crippen LogP contribution in [0.2, 0.25) is 0 Å². The van der Waals surface area contributed by atoms with Crippen LogP contribution < -0.4 is 21.3 Å². The van der Waals surface area contributed by atoms with E-state index in [1.807, 2.05) is 43.6 Å². The zero-order valence-electron chi connectivity index (χ0n) is 25.8. The van der Waals surface area contributed by atoms with Crippen LogP contribution in [0.5, 0.6) is 0 Å². The summed E-state index contributed by atoms with van der Waals surface area (Å²) in [6, 6.07) is 11.8. The van der Waals surface area contributed by atoms with Gasteiger partial charge in [0.05, 0.1) is 42.7 Å². The van der Waals surface area contributed by atoms with Gasteiger partial charge in [-0.15, -0.1) is 0 Å². The molecule has 0 unspecified atom stereocenters.